The van der Waals surface area contributed by atoms with E-state index in [2.05, 4.69) is 58.1 Å². The molecule has 0 aliphatic carbocycles. The maximum absolute atomic E-state index is 5.91. The van der Waals surface area contributed by atoms with Crippen LogP contribution in [0.1, 0.15) is 46.2 Å². The summed E-state index contributed by atoms with van der Waals surface area (Å²) in [5.74, 6) is 2.03. The smallest absolute Gasteiger partial charge is 0.124 e. The molecule has 0 aliphatic heterocycles. The molecule has 1 atom stereocenters. The Bertz CT molecular complexity index is 385. The maximum atomic E-state index is 5.91. The lowest BCUT2D eigenvalue weighted by Gasteiger charge is -2.25. The minimum absolute atomic E-state index is 0.203. The number of nitrogens with one attached hydrogen (secondary N) is 1. The SMILES string of the molecule is CNC(CSC(C)(C)C)c1ccccc1OC(C)C. The molecule has 0 bridgehead atoms. The number of para-hydroxylation sites is 1. The molecule has 0 saturated heterocycles. The van der Waals surface area contributed by atoms with Crippen molar-refractivity contribution < 1.29 is 4.74 Å². The Hall–Kier alpha value is -0.670. The molecule has 1 aromatic rings. The Morgan fingerprint density at radius 2 is 1.84 bits per heavy atom. The summed E-state index contributed by atoms with van der Waals surface area (Å²) in [4.78, 5) is 0. The van der Waals surface area contributed by atoms with E-state index >= 15 is 0 Å². The monoisotopic (exact) mass is 281 g/mol. The van der Waals surface area contributed by atoms with Gasteiger partial charge in [-0.3, -0.25) is 0 Å². The Morgan fingerprint density at radius 3 is 2.37 bits per heavy atom. The number of ether oxygens (including phenoxy) is 1. The molecular formula is C16H27NOS. The summed E-state index contributed by atoms with van der Waals surface area (Å²) in [5.41, 5.74) is 1.25. The first-order valence-corrected chi connectivity index (χ1v) is 7.89. The molecule has 0 heterocycles. The molecule has 108 valence electrons. The topological polar surface area (TPSA) is 21.3 Å². The van der Waals surface area contributed by atoms with Gasteiger partial charge in [0, 0.05) is 22.1 Å². The van der Waals surface area contributed by atoms with Crippen molar-refractivity contribution >= 4 is 11.8 Å². The Kier molecular flexibility index (Phi) is 6.21. The van der Waals surface area contributed by atoms with E-state index in [1.807, 2.05) is 24.9 Å². The number of hydrogen-bond acceptors (Lipinski definition) is 3. The molecule has 0 fully saturated rings. The van der Waals surface area contributed by atoms with Crippen LogP contribution in [0.25, 0.3) is 0 Å². The van der Waals surface area contributed by atoms with Gasteiger partial charge in [-0.05, 0) is 27.0 Å². The second-order valence-corrected chi connectivity index (χ2v) is 7.82. The van der Waals surface area contributed by atoms with Crippen LogP contribution in [0, 0.1) is 0 Å². The van der Waals surface area contributed by atoms with E-state index in [1.54, 1.807) is 0 Å². The standard InChI is InChI=1S/C16H27NOS/c1-12(2)18-15-10-8-7-9-13(15)14(17-6)11-19-16(3,4)5/h7-10,12,14,17H,11H2,1-6H3. The molecule has 0 amide bonds. The lowest BCUT2D eigenvalue weighted by Crippen LogP contribution is -2.23. The lowest BCUT2D eigenvalue weighted by atomic mass is 10.1. The molecule has 0 spiro atoms. The summed E-state index contributed by atoms with van der Waals surface area (Å²) in [5, 5.41) is 3.40. The van der Waals surface area contributed by atoms with Crippen molar-refractivity contribution in [1.29, 1.82) is 0 Å². The predicted octanol–water partition coefficient (Wildman–Crippen LogP) is 4.27. The summed E-state index contributed by atoms with van der Waals surface area (Å²) in [6.07, 6.45) is 0.203. The second-order valence-electron chi connectivity index (χ2n) is 5.97. The number of benzene rings is 1. The average molecular weight is 281 g/mol. The highest BCUT2D eigenvalue weighted by atomic mass is 32.2. The summed E-state index contributed by atoms with van der Waals surface area (Å²) in [7, 11) is 2.01. The van der Waals surface area contributed by atoms with E-state index < -0.39 is 0 Å². The Labute approximate surface area is 122 Å². The first kappa shape index (κ1) is 16.4. The van der Waals surface area contributed by atoms with Crippen molar-refractivity contribution in [3.05, 3.63) is 29.8 Å². The number of hydrogen-bond donors (Lipinski definition) is 1. The van der Waals surface area contributed by atoms with Crippen LogP contribution in [0.5, 0.6) is 5.75 Å². The molecule has 1 rings (SSSR count). The molecular weight excluding hydrogens is 254 g/mol. The van der Waals surface area contributed by atoms with Crippen molar-refractivity contribution in [3.8, 4) is 5.75 Å². The van der Waals surface area contributed by atoms with Gasteiger partial charge in [0.15, 0.2) is 0 Å². The first-order valence-electron chi connectivity index (χ1n) is 6.90. The molecule has 2 nitrogen and oxygen atoms in total. The fraction of sp³-hybridized carbons (Fsp3) is 0.625. The van der Waals surface area contributed by atoms with Crippen LogP contribution in [0.3, 0.4) is 0 Å². The number of rotatable bonds is 6. The zero-order valence-electron chi connectivity index (χ0n) is 13.0. The fourth-order valence-electron chi connectivity index (χ4n) is 1.79. The minimum atomic E-state index is 0.203. The zero-order chi connectivity index (χ0) is 14.5. The van der Waals surface area contributed by atoms with Gasteiger partial charge in [0.05, 0.1) is 6.10 Å². The number of thioether (sulfide) groups is 1. The predicted molar refractivity (Wildman–Crippen MR) is 86.2 cm³/mol. The van der Waals surface area contributed by atoms with Crippen molar-refractivity contribution in [1.82, 2.24) is 5.32 Å². The minimum Gasteiger partial charge on any atom is -0.491 e. The van der Waals surface area contributed by atoms with Crippen LogP contribution >= 0.6 is 11.8 Å². The van der Waals surface area contributed by atoms with Gasteiger partial charge in [0.1, 0.15) is 5.75 Å². The van der Waals surface area contributed by atoms with Crippen LogP contribution in [0.4, 0.5) is 0 Å². The van der Waals surface area contributed by atoms with Crippen LogP contribution in [0.15, 0.2) is 24.3 Å². The Balaban J connectivity index is 2.85. The van der Waals surface area contributed by atoms with Gasteiger partial charge in [-0.25, -0.2) is 0 Å². The Morgan fingerprint density at radius 1 is 1.21 bits per heavy atom. The van der Waals surface area contributed by atoms with E-state index in [0.717, 1.165) is 11.5 Å². The molecule has 1 aromatic carbocycles. The van der Waals surface area contributed by atoms with Gasteiger partial charge < -0.3 is 10.1 Å². The van der Waals surface area contributed by atoms with Crippen molar-refractivity contribution in [3.63, 3.8) is 0 Å². The third-order valence-electron chi connectivity index (χ3n) is 2.69. The van der Waals surface area contributed by atoms with Crippen LogP contribution in [-0.4, -0.2) is 23.7 Å². The van der Waals surface area contributed by atoms with Gasteiger partial charge in [0.2, 0.25) is 0 Å². The van der Waals surface area contributed by atoms with Crippen molar-refractivity contribution in [2.75, 3.05) is 12.8 Å². The van der Waals surface area contributed by atoms with Crippen LogP contribution in [-0.2, 0) is 0 Å². The summed E-state index contributed by atoms with van der Waals surface area (Å²) in [6.45, 7) is 10.9. The highest BCUT2D eigenvalue weighted by Crippen LogP contribution is 2.32. The van der Waals surface area contributed by atoms with Crippen LogP contribution < -0.4 is 10.1 Å². The van der Waals surface area contributed by atoms with Gasteiger partial charge in [-0.1, -0.05) is 39.0 Å². The van der Waals surface area contributed by atoms with Gasteiger partial charge in [-0.2, -0.15) is 11.8 Å². The lowest BCUT2D eigenvalue weighted by molar-refractivity contribution is 0.238. The van der Waals surface area contributed by atoms with E-state index in [9.17, 15) is 0 Å². The third kappa shape index (κ3) is 5.87. The largest absolute Gasteiger partial charge is 0.491 e. The molecule has 0 radical (unpaired) electrons. The molecule has 0 aromatic heterocycles. The van der Waals surface area contributed by atoms with Gasteiger partial charge in [-0.15, -0.1) is 0 Å². The van der Waals surface area contributed by atoms with Crippen molar-refractivity contribution in [2.24, 2.45) is 0 Å². The van der Waals surface area contributed by atoms with Gasteiger partial charge >= 0.3 is 0 Å². The van der Waals surface area contributed by atoms with E-state index in [0.29, 0.717) is 6.04 Å². The summed E-state index contributed by atoms with van der Waals surface area (Å²) >= 11 is 1.97. The van der Waals surface area contributed by atoms with E-state index in [1.165, 1.54) is 5.56 Å². The summed E-state index contributed by atoms with van der Waals surface area (Å²) < 4.78 is 6.19. The summed E-state index contributed by atoms with van der Waals surface area (Å²) in [6, 6.07) is 8.64. The molecule has 1 N–H and O–H groups in total. The van der Waals surface area contributed by atoms with Gasteiger partial charge in [0.25, 0.3) is 0 Å². The quantitative estimate of drug-likeness (QED) is 0.841. The van der Waals surface area contributed by atoms with E-state index in [-0.39, 0.29) is 10.9 Å². The third-order valence-corrected chi connectivity index (χ3v) is 4.05. The molecule has 1 unspecified atom stereocenters. The molecule has 0 saturated carbocycles. The highest BCUT2D eigenvalue weighted by Gasteiger charge is 2.19. The van der Waals surface area contributed by atoms with E-state index in [4.69, 9.17) is 4.74 Å². The normalized spacial score (nSPS) is 13.6. The molecule has 19 heavy (non-hydrogen) atoms. The van der Waals surface area contributed by atoms with Crippen LogP contribution in [0.2, 0.25) is 0 Å². The average Bonchev–Trinajstić information content (AvgIpc) is 2.29. The molecule has 0 aliphatic rings. The maximum Gasteiger partial charge on any atom is 0.124 e. The fourth-order valence-corrected chi connectivity index (χ4v) is 2.80. The first-order chi connectivity index (χ1) is 8.83. The van der Waals surface area contributed by atoms with Crippen molar-refractivity contribution in [2.45, 2.75) is 51.5 Å². The highest BCUT2D eigenvalue weighted by molar-refractivity contribution is 8.00. The molecule has 3 heteroatoms. The zero-order valence-corrected chi connectivity index (χ0v) is 13.8. The second kappa shape index (κ2) is 7.20.